The van der Waals surface area contributed by atoms with Crippen molar-refractivity contribution in [1.82, 2.24) is 4.98 Å². The highest BCUT2D eigenvalue weighted by atomic mass is 35.5. The number of rotatable bonds is 2. The highest BCUT2D eigenvalue weighted by Crippen LogP contribution is 2.37. The summed E-state index contributed by atoms with van der Waals surface area (Å²) in [6.07, 6.45) is 1.36. The van der Waals surface area contributed by atoms with E-state index in [-0.39, 0.29) is 6.61 Å². The summed E-state index contributed by atoms with van der Waals surface area (Å²) in [6, 6.07) is 2.88. The summed E-state index contributed by atoms with van der Waals surface area (Å²) in [5.41, 5.74) is 7.20. The topological polar surface area (TPSA) is 59.1 Å². The minimum atomic E-state index is -0.622. The van der Waals surface area contributed by atoms with Crippen molar-refractivity contribution in [3.8, 4) is 10.4 Å². The van der Waals surface area contributed by atoms with Gasteiger partial charge in [0.1, 0.15) is 4.34 Å². The van der Waals surface area contributed by atoms with E-state index in [1.807, 2.05) is 0 Å². The third-order valence-electron chi connectivity index (χ3n) is 2.11. The normalized spacial score (nSPS) is 10.7. The van der Waals surface area contributed by atoms with Crippen molar-refractivity contribution in [2.24, 2.45) is 0 Å². The van der Waals surface area contributed by atoms with E-state index < -0.39 is 5.95 Å². The number of aliphatic hydroxyl groups excluding tert-OH is 1. The number of aliphatic hydroxyl groups is 1. The van der Waals surface area contributed by atoms with Crippen LogP contribution in [-0.4, -0.2) is 10.1 Å². The van der Waals surface area contributed by atoms with Crippen molar-refractivity contribution >= 4 is 28.6 Å². The molecule has 16 heavy (non-hydrogen) atoms. The van der Waals surface area contributed by atoms with Crippen LogP contribution in [0.25, 0.3) is 10.4 Å². The molecular weight excluding hydrogens is 251 g/mol. The summed E-state index contributed by atoms with van der Waals surface area (Å²) >= 11 is 7.11. The van der Waals surface area contributed by atoms with Crippen molar-refractivity contribution in [3.05, 3.63) is 34.2 Å². The lowest BCUT2D eigenvalue weighted by Gasteiger charge is -2.03. The summed E-state index contributed by atoms with van der Waals surface area (Å²) in [6.45, 7) is -0.260. The Hall–Kier alpha value is -1.17. The fourth-order valence-electron chi connectivity index (χ4n) is 1.34. The molecule has 0 aliphatic rings. The van der Waals surface area contributed by atoms with E-state index in [0.717, 1.165) is 4.88 Å². The quantitative estimate of drug-likeness (QED) is 0.815. The molecule has 0 bridgehead atoms. The summed E-state index contributed by atoms with van der Waals surface area (Å²) in [5.74, 6) is -0.622. The van der Waals surface area contributed by atoms with Crippen LogP contribution in [0.1, 0.15) is 5.56 Å². The Kier molecular flexibility index (Phi) is 3.09. The van der Waals surface area contributed by atoms with Crippen LogP contribution in [0.2, 0.25) is 4.34 Å². The molecule has 3 nitrogen and oxygen atoms in total. The maximum absolute atomic E-state index is 12.9. The molecule has 2 rings (SSSR count). The first-order valence-corrected chi connectivity index (χ1v) is 5.61. The summed E-state index contributed by atoms with van der Waals surface area (Å²) in [7, 11) is 0. The number of thiophene rings is 1. The van der Waals surface area contributed by atoms with Crippen LogP contribution in [0.4, 0.5) is 10.1 Å². The minimum absolute atomic E-state index is 0.260. The Bertz CT molecular complexity index is 510. The van der Waals surface area contributed by atoms with Gasteiger partial charge in [0.05, 0.1) is 12.3 Å². The fraction of sp³-hybridized carbons (Fsp3) is 0.100. The van der Waals surface area contributed by atoms with Gasteiger partial charge in [-0.1, -0.05) is 11.6 Å². The molecule has 0 saturated heterocycles. The van der Waals surface area contributed by atoms with E-state index in [2.05, 4.69) is 4.98 Å². The molecule has 3 N–H and O–H groups in total. The van der Waals surface area contributed by atoms with Crippen LogP contribution < -0.4 is 5.73 Å². The molecule has 2 aromatic heterocycles. The van der Waals surface area contributed by atoms with Crippen LogP contribution in [0, 0.1) is 5.95 Å². The van der Waals surface area contributed by atoms with Crippen molar-refractivity contribution < 1.29 is 9.50 Å². The summed E-state index contributed by atoms with van der Waals surface area (Å²) in [4.78, 5) is 4.31. The van der Waals surface area contributed by atoms with Gasteiger partial charge >= 0.3 is 0 Å². The lowest BCUT2D eigenvalue weighted by Crippen LogP contribution is -1.92. The Balaban J connectivity index is 2.55. The van der Waals surface area contributed by atoms with Crippen LogP contribution in [0.15, 0.2) is 18.3 Å². The van der Waals surface area contributed by atoms with Crippen LogP contribution >= 0.6 is 22.9 Å². The van der Waals surface area contributed by atoms with Crippen LogP contribution in [-0.2, 0) is 6.61 Å². The van der Waals surface area contributed by atoms with Crippen molar-refractivity contribution in [2.45, 2.75) is 6.61 Å². The molecule has 0 fully saturated rings. The van der Waals surface area contributed by atoms with Crippen molar-refractivity contribution in [1.29, 1.82) is 0 Å². The number of nitrogens with two attached hydrogens (primary N) is 1. The smallest absolute Gasteiger partial charge is 0.213 e. The maximum Gasteiger partial charge on any atom is 0.213 e. The Morgan fingerprint density at radius 2 is 2.25 bits per heavy atom. The van der Waals surface area contributed by atoms with E-state index in [9.17, 15) is 4.39 Å². The van der Waals surface area contributed by atoms with E-state index in [1.54, 1.807) is 6.07 Å². The van der Waals surface area contributed by atoms with Gasteiger partial charge in [-0.2, -0.15) is 4.39 Å². The number of aromatic nitrogens is 1. The van der Waals surface area contributed by atoms with E-state index in [4.69, 9.17) is 22.4 Å². The molecule has 0 radical (unpaired) electrons. The standard InChI is InChI=1S/C10H8ClFN2OS/c11-10-7(13)2-8(16-10)6-3-14-9(12)1-5(6)4-15/h1-3,15H,4,13H2. The molecule has 0 atom stereocenters. The van der Waals surface area contributed by atoms with Gasteiger partial charge in [-0.15, -0.1) is 11.3 Å². The zero-order valence-electron chi connectivity index (χ0n) is 8.08. The Labute approximate surface area is 100 Å². The highest BCUT2D eigenvalue weighted by molar-refractivity contribution is 7.20. The van der Waals surface area contributed by atoms with Gasteiger partial charge in [0, 0.05) is 16.6 Å². The summed E-state index contributed by atoms with van der Waals surface area (Å²) in [5, 5.41) is 9.13. The number of pyridine rings is 1. The van der Waals surface area contributed by atoms with Gasteiger partial charge in [-0.3, -0.25) is 0 Å². The van der Waals surface area contributed by atoms with Gasteiger partial charge in [-0.25, -0.2) is 4.98 Å². The first-order valence-electron chi connectivity index (χ1n) is 4.42. The number of halogens is 2. The van der Waals surface area contributed by atoms with Crippen LogP contribution in [0.3, 0.4) is 0 Å². The van der Waals surface area contributed by atoms with Crippen LogP contribution in [0.5, 0.6) is 0 Å². The SMILES string of the molecule is Nc1cc(-c2cnc(F)cc2CO)sc1Cl. The molecule has 0 unspecified atom stereocenters. The van der Waals surface area contributed by atoms with Gasteiger partial charge in [0.15, 0.2) is 0 Å². The number of hydrogen-bond acceptors (Lipinski definition) is 4. The molecule has 0 aliphatic heterocycles. The molecule has 0 aromatic carbocycles. The molecule has 0 aliphatic carbocycles. The molecule has 6 heteroatoms. The number of anilines is 1. The van der Waals surface area contributed by atoms with Gasteiger partial charge in [0.2, 0.25) is 5.95 Å². The average molecular weight is 259 g/mol. The average Bonchev–Trinajstić information content (AvgIpc) is 2.59. The van der Waals surface area contributed by atoms with E-state index in [0.29, 0.717) is 21.2 Å². The Morgan fingerprint density at radius 3 is 2.81 bits per heavy atom. The molecule has 2 aromatic rings. The monoisotopic (exact) mass is 258 g/mol. The number of nitrogen functional groups attached to an aromatic ring is 1. The van der Waals surface area contributed by atoms with Gasteiger partial charge in [-0.05, 0) is 17.7 Å². The number of nitrogens with zero attached hydrogens (tertiary/aromatic N) is 1. The molecule has 2 heterocycles. The molecule has 0 spiro atoms. The molecule has 0 saturated carbocycles. The largest absolute Gasteiger partial charge is 0.397 e. The van der Waals surface area contributed by atoms with E-state index in [1.165, 1.54) is 23.6 Å². The Morgan fingerprint density at radius 1 is 1.50 bits per heavy atom. The first-order chi connectivity index (χ1) is 7.61. The maximum atomic E-state index is 12.9. The third-order valence-corrected chi connectivity index (χ3v) is 3.53. The third kappa shape index (κ3) is 2.02. The lowest BCUT2D eigenvalue weighted by atomic mass is 10.1. The second-order valence-electron chi connectivity index (χ2n) is 3.16. The molecule has 0 amide bonds. The number of hydrogen-bond donors (Lipinski definition) is 2. The van der Waals surface area contributed by atoms with E-state index >= 15 is 0 Å². The summed E-state index contributed by atoms with van der Waals surface area (Å²) < 4.78 is 13.3. The lowest BCUT2D eigenvalue weighted by molar-refractivity contribution is 0.281. The molecule has 84 valence electrons. The highest BCUT2D eigenvalue weighted by Gasteiger charge is 2.11. The second kappa shape index (κ2) is 4.37. The second-order valence-corrected chi connectivity index (χ2v) is 4.82. The van der Waals surface area contributed by atoms with Crippen molar-refractivity contribution in [3.63, 3.8) is 0 Å². The predicted molar refractivity (Wildman–Crippen MR) is 62.9 cm³/mol. The van der Waals surface area contributed by atoms with Crippen molar-refractivity contribution in [2.75, 3.05) is 5.73 Å². The van der Waals surface area contributed by atoms with Gasteiger partial charge in [0.25, 0.3) is 0 Å². The fourth-order valence-corrected chi connectivity index (χ4v) is 2.49. The van der Waals surface area contributed by atoms with Gasteiger partial charge < -0.3 is 10.8 Å². The zero-order valence-corrected chi connectivity index (χ0v) is 9.65. The minimum Gasteiger partial charge on any atom is -0.397 e. The first kappa shape index (κ1) is 11.3. The molecular formula is C10H8ClFN2OS. The zero-order chi connectivity index (χ0) is 11.7. The predicted octanol–water partition coefficient (Wildman–Crippen LogP) is 2.68.